The van der Waals surface area contributed by atoms with Gasteiger partial charge in [0.1, 0.15) is 0 Å². The third-order valence-corrected chi connectivity index (χ3v) is 3.55. The third-order valence-electron chi connectivity index (χ3n) is 3.55. The van der Waals surface area contributed by atoms with E-state index in [0.29, 0.717) is 5.92 Å². The zero-order valence-corrected chi connectivity index (χ0v) is 9.05. The van der Waals surface area contributed by atoms with Crippen LogP contribution in [0.3, 0.4) is 0 Å². The van der Waals surface area contributed by atoms with E-state index < -0.39 is 0 Å². The Morgan fingerprint density at radius 2 is 1.92 bits per heavy atom. The highest BCUT2D eigenvalue weighted by atomic mass is 14.7. The summed E-state index contributed by atoms with van der Waals surface area (Å²) >= 11 is 0. The van der Waals surface area contributed by atoms with Crippen molar-refractivity contribution in [2.45, 2.75) is 52.0 Å². The van der Waals surface area contributed by atoms with Gasteiger partial charge in [-0.3, -0.25) is 0 Å². The van der Waals surface area contributed by atoms with E-state index in [1.54, 1.807) is 0 Å². The molecule has 1 atom stereocenters. The Bertz CT molecular complexity index is 166. The van der Waals surface area contributed by atoms with Crippen LogP contribution in [0.5, 0.6) is 0 Å². The summed E-state index contributed by atoms with van der Waals surface area (Å²) in [6.45, 7) is 8.29. The van der Waals surface area contributed by atoms with Crippen LogP contribution < -0.4 is 5.73 Å². The standard InChI is InChI=1S/C12H23N/c1-4-10-5-7-11(8-6-10)12(13)9(2)3/h10-12H,2,4-8,13H2,1,3H3. The summed E-state index contributed by atoms with van der Waals surface area (Å²) < 4.78 is 0. The maximum absolute atomic E-state index is 6.08. The summed E-state index contributed by atoms with van der Waals surface area (Å²) in [5, 5.41) is 0. The van der Waals surface area contributed by atoms with Crippen LogP contribution in [-0.4, -0.2) is 6.04 Å². The van der Waals surface area contributed by atoms with Gasteiger partial charge < -0.3 is 5.73 Å². The fourth-order valence-electron chi connectivity index (χ4n) is 2.36. The minimum atomic E-state index is 0.248. The SMILES string of the molecule is C=C(C)C(N)C1CCC(CC)CC1. The molecule has 0 aromatic heterocycles. The maximum atomic E-state index is 6.08. The molecule has 1 aliphatic rings. The first-order valence-electron chi connectivity index (χ1n) is 5.56. The maximum Gasteiger partial charge on any atom is 0.0276 e. The van der Waals surface area contributed by atoms with E-state index in [2.05, 4.69) is 20.4 Å². The number of hydrogen-bond donors (Lipinski definition) is 1. The molecular formula is C12H23N. The number of hydrogen-bond acceptors (Lipinski definition) is 1. The van der Waals surface area contributed by atoms with Crippen LogP contribution in [0.4, 0.5) is 0 Å². The lowest BCUT2D eigenvalue weighted by Gasteiger charge is -2.31. The van der Waals surface area contributed by atoms with Gasteiger partial charge >= 0.3 is 0 Å². The second-order valence-electron chi connectivity index (χ2n) is 4.56. The molecule has 0 aromatic carbocycles. The Morgan fingerprint density at radius 1 is 1.38 bits per heavy atom. The molecular weight excluding hydrogens is 158 g/mol. The van der Waals surface area contributed by atoms with Gasteiger partial charge in [-0.1, -0.05) is 38.3 Å². The molecule has 0 aromatic rings. The fraction of sp³-hybridized carbons (Fsp3) is 0.833. The topological polar surface area (TPSA) is 26.0 Å². The van der Waals surface area contributed by atoms with E-state index in [-0.39, 0.29) is 6.04 Å². The molecule has 76 valence electrons. The molecule has 0 heterocycles. The smallest absolute Gasteiger partial charge is 0.0276 e. The number of rotatable bonds is 3. The lowest BCUT2D eigenvalue weighted by Crippen LogP contribution is -2.33. The van der Waals surface area contributed by atoms with Gasteiger partial charge in [-0.05, 0) is 31.6 Å². The van der Waals surface area contributed by atoms with Crippen molar-refractivity contribution in [3.63, 3.8) is 0 Å². The molecule has 2 N–H and O–H groups in total. The van der Waals surface area contributed by atoms with Crippen LogP contribution in [0.15, 0.2) is 12.2 Å². The van der Waals surface area contributed by atoms with Crippen molar-refractivity contribution in [2.24, 2.45) is 17.6 Å². The van der Waals surface area contributed by atoms with Crippen LogP contribution in [0, 0.1) is 11.8 Å². The summed E-state index contributed by atoms with van der Waals surface area (Å²) in [6.07, 6.45) is 6.72. The van der Waals surface area contributed by atoms with Crippen molar-refractivity contribution in [3.05, 3.63) is 12.2 Å². The predicted molar refractivity (Wildman–Crippen MR) is 58.5 cm³/mol. The quantitative estimate of drug-likeness (QED) is 0.665. The van der Waals surface area contributed by atoms with Crippen LogP contribution in [-0.2, 0) is 0 Å². The lowest BCUT2D eigenvalue weighted by atomic mass is 9.76. The normalized spacial score (nSPS) is 31.3. The van der Waals surface area contributed by atoms with Crippen molar-refractivity contribution < 1.29 is 0 Å². The minimum absolute atomic E-state index is 0.248. The molecule has 0 radical (unpaired) electrons. The molecule has 1 rings (SSSR count). The summed E-state index contributed by atoms with van der Waals surface area (Å²) in [5.74, 6) is 1.67. The Morgan fingerprint density at radius 3 is 2.31 bits per heavy atom. The first-order chi connectivity index (χ1) is 6.15. The minimum Gasteiger partial charge on any atom is -0.324 e. The highest BCUT2D eigenvalue weighted by Gasteiger charge is 2.24. The van der Waals surface area contributed by atoms with Gasteiger partial charge in [-0.2, -0.15) is 0 Å². The first kappa shape index (κ1) is 10.8. The molecule has 1 saturated carbocycles. The molecule has 1 nitrogen and oxygen atoms in total. The van der Waals surface area contributed by atoms with Crippen molar-refractivity contribution in [2.75, 3.05) is 0 Å². The average molecular weight is 181 g/mol. The van der Waals surface area contributed by atoms with E-state index in [4.69, 9.17) is 5.73 Å². The Labute approximate surface area is 82.4 Å². The van der Waals surface area contributed by atoms with Crippen molar-refractivity contribution in [3.8, 4) is 0 Å². The van der Waals surface area contributed by atoms with Gasteiger partial charge in [-0.15, -0.1) is 0 Å². The van der Waals surface area contributed by atoms with E-state index in [0.717, 1.165) is 11.5 Å². The second kappa shape index (κ2) is 4.80. The highest BCUT2D eigenvalue weighted by molar-refractivity contribution is 5.03. The second-order valence-corrected chi connectivity index (χ2v) is 4.56. The zero-order chi connectivity index (χ0) is 9.84. The molecule has 13 heavy (non-hydrogen) atoms. The monoisotopic (exact) mass is 181 g/mol. The van der Waals surface area contributed by atoms with E-state index in [1.807, 2.05) is 0 Å². The molecule has 0 amide bonds. The molecule has 0 aliphatic heterocycles. The predicted octanol–water partition coefficient (Wildman–Crippen LogP) is 3.11. The Balaban J connectivity index is 2.36. The average Bonchev–Trinajstić information content (AvgIpc) is 2.17. The molecule has 1 fully saturated rings. The fourth-order valence-corrected chi connectivity index (χ4v) is 2.36. The van der Waals surface area contributed by atoms with Crippen LogP contribution >= 0.6 is 0 Å². The third kappa shape index (κ3) is 2.84. The van der Waals surface area contributed by atoms with Crippen molar-refractivity contribution in [1.82, 2.24) is 0 Å². The van der Waals surface area contributed by atoms with E-state index in [1.165, 1.54) is 32.1 Å². The Kier molecular flexibility index (Phi) is 3.98. The van der Waals surface area contributed by atoms with Crippen molar-refractivity contribution >= 4 is 0 Å². The molecule has 1 heteroatoms. The zero-order valence-electron chi connectivity index (χ0n) is 9.05. The highest BCUT2D eigenvalue weighted by Crippen LogP contribution is 2.33. The summed E-state index contributed by atoms with van der Waals surface area (Å²) in [7, 11) is 0. The van der Waals surface area contributed by atoms with Gasteiger partial charge in [-0.25, -0.2) is 0 Å². The van der Waals surface area contributed by atoms with Gasteiger partial charge in [0.25, 0.3) is 0 Å². The van der Waals surface area contributed by atoms with Gasteiger partial charge in [0.2, 0.25) is 0 Å². The Hall–Kier alpha value is -0.300. The van der Waals surface area contributed by atoms with Gasteiger partial charge in [0, 0.05) is 6.04 Å². The van der Waals surface area contributed by atoms with Crippen LogP contribution in [0.1, 0.15) is 46.0 Å². The lowest BCUT2D eigenvalue weighted by molar-refractivity contribution is 0.251. The molecule has 1 aliphatic carbocycles. The first-order valence-corrected chi connectivity index (χ1v) is 5.56. The largest absolute Gasteiger partial charge is 0.324 e. The van der Waals surface area contributed by atoms with Crippen LogP contribution in [0.2, 0.25) is 0 Å². The summed E-state index contributed by atoms with van der Waals surface area (Å²) in [4.78, 5) is 0. The molecule has 0 bridgehead atoms. The number of nitrogens with two attached hydrogens (primary N) is 1. The molecule has 0 spiro atoms. The van der Waals surface area contributed by atoms with Gasteiger partial charge in [0.15, 0.2) is 0 Å². The van der Waals surface area contributed by atoms with E-state index in [9.17, 15) is 0 Å². The summed E-state index contributed by atoms with van der Waals surface area (Å²) in [6, 6.07) is 0.248. The van der Waals surface area contributed by atoms with Crippen LogP contribution in [0.25, 0.3) is 0 Å². The van der Waals surface area contributed by atoms with Gasteiger partial charge in [0.05, 0.1) is 0 Å². The van der Waals surface area contributed by atoms with Crippen molar-refractivity contribution in [1.29, 1.82) is 0 Å². The summed E-state index contributed by atoms with van der Waals surface area (Å²) in [5.41, 5.74) is 7.23. The molecule has 1 unspecified atom stereocenters. The van der Waals surface area contributed by atoms with E-state index >= 15 is 0 Å². The molecule has 0 saturated heterocycles.